The van der Waals surface area contributed by atoms with Crippen LogP contribution in [0.2, 0.25) is 0 Å². The zero-order valence-corrected chi connectivity index (χ0v) is 18.4. The first-order valence-electron chi connectivity index (χ1n) is 9.27. The molecule has 5 heteroatoms. The number of aromatic hydroxyl groups is 1. The molecule has 1 aliphatic rings. The second kappa shape index (κ2) is 8.05. The Kier molecular flexibility index (Phi) is 6.66. The van der Waals surface area contributed by atoms with E-state index >= 15 is 0 Å². The Bertz CT molecular complexity index is 621. The molecular formula is C21H32O3S2. The molecule has 1 aliphatic carbocycles. The van der Waals surface area contributed by atoms with Crippen LogP contribution < -0.4 is 0 Å². The Labute approximate surface area is 166 Å². The molecule has 0 aliphatic heterocycles. The molecule has 0 radical (unpaired) electrons. The van der Waals surface area contributed by atoms with Crippen molar-refractivity contribution in [2.75, 3.05) is 5.75 Å². The van der Waals surface area contributed by atoms with Crippen molar-refractivity contribution in [1.82, 2.24) is 0 Å². The molecule has 0 amide bonds. The molecule has 26 heavy (non-hydrogen) atoms. The molecule has 1 fully saturated rings. The van der Waals surface area contributed by atoms with E-state index in [4.69, 9.17) is 5.11 Å². The Morgan fingerprint density at radius 2 is 1.54 bits per heavy atom. The molecule has 0 unspecified atom stereocenters. The summed E-state index contributed by atoms with van der Waals surface area (Å²) in [5.74, 6) is -0.143. The van der Waals surface area contributed by atoms with Crippen LogP contribution in [0.15, 0.2) is 17.0 Å². The SMILES string of the molecule is CC(C)(C)c1cc(S[C@@H]2CCC[C@H]2SCC(=O)O)cc(C(C)(C)C)c1O. The van der Waals surface area contributed by atoms with Gasteiger partial charge in [-0.25, -0.2) is 0 Å². The van der Waals surface area contributed by atoms with Crippen molar-refractivity contribution in [2.24, 2.45) is 0 Å². The van der Waals surface area contributed by atoms with Gasteiger partial charge in [-0.3, -0.25) is 4.79 Å². The van der Waals surface area contributed by atoms with Crippen LogP contribution in [-0.4, -0.2) is 32.4 Å². The Morgan fingerprint density at radius 1 is 1.04 bits per heavy atom. The predicted molar refractivity (Wildman–Crippen MR) is 113 cm³/mol. The lowest BCUT2D eigenvalue weighted by Crippen LogP contribution is -2.18. The third kappa shape index (κ3) is 5.35. The zero-order valence-electron chi connectivity index (χ0n) is 16.8. The smallest absolute Gasteiger partial charge is 0.313 e. The summed E-state index contributed by atoms with van der Waals surface area (Å²) in [5.41, 5.74) is 1.71. The fourth-order valence-corrected chi connectivity index (χ4v) is 6.13. The molecule has 2 N–H and O–H groups in total. The van der Waals surface area contributed by atoms with Crippen LogP contribution in [0, 0.1) is 0 Å². The van der Waals surface area contributed by atoms with Crippen LogP contribution in [0.25, 0.3) is 0 Å². The summed E-state index contributed by atoms with van der Waals surface area (Å²) in [6, 6.07) is 4.26. The molecule has 0 heterocycles. The van der Waals surface area contributed by atoms with Crippen LogP contribution >= 0.6 is 23.5 Å². The van der Waals surface area contributed by atoms with Crippen molar-refractivity contribution >= 4 is 29.5 Å². The Balaban J connectivity index is 2.32. The average molecular weight is 397 g/mol. The Hall–Kier alpha value is -0.810. The second-order valence-electron chi connectivity index (χ2n) is 9.20. The van der Waals surface area contributed by atoms with Gasteiger partial charge in [0.25, 0.3) is 0 Å². The molecule has 2 rings (SSSR count). The first-order chi connectivity index (χ1) is 11.9. The molecule has 1 aromatic carbocycles. The number of carboxylic acids is 1. The molecule has 2 atom stereocenters. The highest BCUT2D eigenvalue weighted by Gasteiger charge is 2.31. The number of phenols is 1. The molecule has 3 nitrogen and oxygen atoms in total. The van der Waals surface area contributed by atoms with E-state index < -0.39 is 5.97 Å². The fourth-order valence-electron chi connectivity index (χ4n) is 3.39. The number of carboxylic acid groups (broad SMARTS) is 1. The van der Waals surface area contributed by atoms with Gasteiger partial charge in [-0.05, 0) is 35.8 Å². The van der Waals surface area contributed by atoms with Crippen LogP contribution in [-0.2, 0) is 15.6 Å². The minimum atomic E-state index is -0.736. The lowest BCUT2D eigenvalue weighted by atomic mass is 9.79. The maximum absolute atomic E-state index is 10.9. The summed E-state index contributed by atoms with van der Waals surface area (Å²) in [5, 5.41) is 20.7. The van der Waals surface area contributed by atoms with E-state index in [-0.39, 0.29) is 16.6 Å². The third-order valence-corrected chi connectivity index (χ3v) is 7.75. The van der Waals surface area contributed by atoms with Gasteiger partial charge in [0, 0.05) is 26.5 Å². The molecule has 0 bridgehead atoms. The van der Waals surface area contributed by atoms with Gasteiger partial charge in [0.15, 0.2) is 0 Å². The maximum Gasteiger partial charge on any atom is 0.313 e. The number of hydrogen-bond acceptors (Lipinski definition) is 4. The van der Waals surface area contributed by atoms with Crippen molar-refractivity contribution in [3.05, 3.63) is 23.3 Å². The highest BCUT2D eigenvalue weighted by molar-refractivity contribution is 8.04. The van der Waals surface area contributed by atoms with Gasteiger partial charge < -0.3 is 10.2 Å². The summed E-state index contributed by atoms with van der Waals surface area (Å²) in [6.07, 6.45) is 3.37. The normalized spacial score (nSPS) is 21.2. The first-order valence-corrected chi connectivity index (χ1v) is 11.2. The van der Waals surface area contributed by atoms with Gasteiger partial charge in [0.2, 0.25) is 0 Å². The number of aliphatic carboxylic acids is 1. The van der Waals surface area contributed by atoms with Gasteiger partial charge in [-0.2, -0.15) is 0 Å². The number of carbonyl (C=O) groups is 1. The lowest BCUT2D eigenvalue weighted by Gasteiger charge is -2.29. The first kappa shape index (κ1) is 21.5. The summed E-state index contributed by atoms with van der Waals surface area (Å²) in [4.78, 5) is 12.1. The summed E-state index contributed by atoms with van der Waals surface area (Å²) in [6.45, 7) is 12.8. The number of benzene rings is 1. The summed E-state index contributed by atoms with van der Waals surface area (Å²) >= 11 is 3.43. The molecule has 0 spiro atoms. The topological polar surface area (TPSA) is 57.5 Å². The van der Waals surface area contributed by atoms with E-state index in [9.17, 15) is 9.90 Å². The van der Waals surface area contributed by atoms with Gasteiger partial charge >= 0.3 is 5.97 Å². The average Bonchev–Trinajstić information content (AvgIpc) is 2.91. The molecule has 1 aromatic rings. The van der Waals surface area contributed by atoms with Crippen molar-refractivity contribution < 1.29 is 15.0 Å². The molecule has 146 valence electrons. The molecule has 0 saturated heterocycles. The van der Waals surface area contributed by atoms with Gasteiger partial charge in [-0.15, -0.1) is 23.5 Å². The largest absolute Gasteiger partial charge is 0.507 e. The van der Waals surface area contributed by atoms with Crippen molar-refractivity contribution in [2.45, 2.75) is 87.0 Å². The number of rotatable bonds is 5. The van der Waals surface area contributed by atoms with E-state index in [1.54, 1.807) is 11.8 Å². The molecule has 1 saturated carbocycles. The van der Waals surface area contributed by atoms with E-state index in [0.29, 0.717) is 16.2 Å². The van der Waals surface area contributed by atoms with Crippen molar-refractivity contribution in [3.8, 4) is 5.75 Å². The predicted octanol–water partition coefficient (Wildman–Crippen LogP) is 5.82. The zero-order chi connectivity index (χ0) is 19.7. The van der Waals surface area contributed by atoms with Crippen molar-refractivity contribution in [1.29, 1.82) is 0 Å². The third-order valence-electron chi connectivity index (χ3n) is 4.80. The number of thioether (sulfide) groups is 2. The standard InChI is InChI=1S/C21H32O3S2/c1-20(2,3)14-10-13(11-15(19(14)24)21(4,5)6)26-17-9-7-8-16(17)25-12-18(22)23/h10-11,16-17,24H,7-9,12H2,1-6H3,(H,22,23)/t16-,17-/m1/s1. The fraction of sp³-hybridized carbons (Fsp3) is 0.667. The minimum Gasteiger partial charge on any atom is -0.507 e. The van der Waals surface area contributed by atoms with Crippen LogP contribution in [0.5, 0.6) is 5.75 Å². The molecular weight excluding hydrogens is 364 g/mol. The summed E-state index contributed by atoms with van der Waals surface area (Å²) in [7, 11) is 0. The highest BCUT2D eigenvalue weighted by Crippen LogP contribution is 2.46. The van der Waals surface area contributed by atoms with E-state index in [1.807, 2.05) is 11.8 Å². The highest BCUT2D eigenvalue weighted by atomic mass is 32.2. The number of hydrogen-bond donors (Lipinski definition) is 2. The van der Waals surface area contributed by atoms with Crippen LogP contribution in [0.1, 0.15) is 71.9 Å². The van der Waals surface area contributed by atoms with Crippen LogP contribution in [0.4, 0.5) is 0 Å². The van der Waals surface area contributed by atoms with Gasteiger partial charge in [0.05, 0.1) is 5.75 Å². The summed E-state index contributed by atoms with van der Waals surface area (Å²) < 4.78 is 0. The van der Waals surface area contributed by atoms with E-state index in [0.717, 1.165) is 30.4 Å². The van der Waals surface area contributed by atoms with Crippen LogP contribution in [0.3, 0.4) is 0 Å². The van der Waals surface area contributed by atoms with Crippen molar-refractivity contribution in [3.63, 3.8) is 0 Å². The van der Waals surface area contributed by atoms with E-state index in [1.165, 1.54) is 4.90 Å². The monoisotopic (exact) mass is 396 g/mol. The number of phenolic OH excluding ortho intramolecular Hbond substituents is 1. The van der Waals surface area contributed by atoms with Gasteiger partial charge in [0.1, 0.15) is 5.75 Å². The maximum atomic E-state index is 10.9. The second-order valence-corrected chi connectivity index (χ2v) is 11.7. The minimum absolute atomic E-state index is 0.131. The van der Waals surface area contributed by atoms with Gasteiger partial charge in [-0.1, -0.05) is 48.0 Å². The quantitative estimate of drug-likeness (QED) is 0.657. The van der Waals surface area contributed by atoms with E-state index in [2.05, 4.69) is 53.7 Å². The lowest BCUT2D eigenvalue weighted by molar-refractivity contribution is -0.133. The molecule has 0 aromatic heterocycles. The Morgan fingerprint density at radius 3 is 2.00 bits per heavy atom.